The van der Waals surface area contributed by atoms with Gasteiger partial charge >= 0.3 is 0 Å². The molecule has 1 saturated heterocycles. The third-order valence-corrected chi connectivity index (χ3v) is 5.30. The Bertz CT molecular complexity index is 831. The molecule has 6 nitrogen and oxygen atoms in total. The largest absolute Gasteiger partial charge is 0.497 e. The molecule has 0 saturated carbocycles. The standard InChI is InChI=1S/C20H23N3O3/c1-25-14-5-6-15(19(11-14)26-2)13-9-17-16(18(24)10-13)12-21-20(22-17)23-7-3-4-8-23/h5-6,11-13H,3-4,7-10H2,1-2H3/t13-/m0/s1. The molecule has 1 aromatic heterocycles. The van der Waals surface area contributed by atoms with Crippen LogP contribution in [0.25, 0.3) is 0 Å². The molecule has 6 heteroatoms. The van der Waals surface area contributed by atoms with Gasteiger partial charge in [-0.1, -0.05) is 6.07 Å². The van der Waals surface area contributed by atoms with Crippen LogP contribution in [0, 0.1) is 0 Å². The summed E-state index contributed by atoms with van der Waals surface area (Å²) in [4.78, 5) is 24.0. The highest BCUT2D eigenvalue weighted by Crippen LogP contribution is 2.38. The number of rotatable bonds is 4. The summed E-state index contributed by atoms with van der Waals surface area (Å²) in [6, 6.07) is 5.77. The molecular weight excluding hydrogens is 330 g/mol. The third kappa shape index (κ3) is 3.00. The SMILES string of the molecule is COc1ccc([C@@H]2CC(=O)c3cnc(N4CCCC4)nc3C2)c(OC)c1. The molecule has 2 heterocycles. The molecule has 2 aromatic rings. The average Bonchev–Trinajstić information content (AvgIpc) is 3.21. The highest BCUT2D eigenvalue weighted by molar-refractivity contribution is 5.98. The van der Waals surface area contributed by atoms with Gasteiger partial charge < -0.3 is 14.4 Å². The molecule has 0 radical (unpaired) electrons. The number of anilines is 1. The second-order valence-electron chi connectivity index (χ2n) is 6.86. The molecule has 1 fully saturated rings. The van der Waals surface area contributed by atoms with E-state index in [9.17, 15) is 4.79 Å². The van der Waals surface area contributed by atoms with Gasteiger partial charge in [0.1, 0.15) is 11.5 Å². The second-order valence-corrected chi connectivity index (χ2v) is 6.86. The van der Waals surface area contributed by atoms with Gasteiger partial charge in [-0.05, 0) is 30.9 Å². The first kappa shape index (κ1) is 16.8. The van der Waals surface area contributed by atoms with Crippen molar-refractivity contribution in [1.82, 2.24) is 9.97 Å². The van der Waals surface area contributed by atoms with E-state index in [4.69, 9.17) is 14.5 Å². The fourth-order valence-electron chi connectivity index (χ4n) is 3.88. The van der Waals surface area contributed by atoms with Gasteiger partial charge in [-0.15, -0.1) is 0 Å². The maximum Gasteiger partial charge on any atom is 0.225 e. The Hall–Kier alpha value is -2.63. The molecule has 1 aliphatic heterocycles. The fraction of sp³-hybridized carbons (Fsp3) is 0.450. The van der Waals surface area contributed by atoms with Gasteiger partial charge in [-0.25, -0.2) is 9.97 Å². The zero-order valence-electron chi connectivity index (χ0n) is 15.2. The maximum absolute atomic E-state index is 12.7. The smallest absolute Gasteiger partial charge is 0.225 e. The number of hydrogen-bond donors (Lipinski definition) is 0. The Kier molecular flexibility index (Phi) is 4.49. The van der Waals surface area contributed by atoms with Crippen molar-refractivity contribution in [2.45, 2.75) is 31.6 Å². The predicted molar refractivity (Wildman–Crippen MR) is 98.4 cm³/mol. The molecule has 4 rings (SSSR count). The van der Waals surface area contributed by atoms with Crippen molar-refractivity contribution in [1.29, 1.82) is 0 Å². The van der Waals surface area contributed by atoms with Gasteiger partial charge in [-0.3, -0.25) is 4.79 Å². The van der Waals surface area contributed by atoms with E-state index in [2.05, 4.69) is 9.88 Å². The number of hydrogen-bond acceptors (Lipinski definition) is 6. The lowest BCUT2D eigenvalue weighted by Crippen LogP contribution is -2.25. The van der Waals surface area contributed by atoms with Crippen molar-refractivity contribution in [3.8, 4) is 11.5 Å². The molecule has 0 bridgehead atoms. The van der Waals surface area contributed by atoms with Gasteiger partial charge in [0.15, 0.2) is 5.78 Å². The van der Waals surface area contributed by atoms with Crippen LogP contribution in [0.5, 0.6) is 11.5 Å². The van der Waals surface area contributed by atoms with Crippen LogP contribution in [0.3, 0.4) is 0 Å². The van der Waals surface area contributed by atoms with Crippen LogP contribution in [0.2, 0.25) is 0 Å². The molecule has 0 amide bonds. The van der Waals surface area contributed by atoms with Crippen LogP contribution in [0.1, 0.15) is 46.8 Å². The molecule has 2 aliphatic rings. The van der Waals surface area contributed by atoms with Crippen molar-refractivity contribution < 1.29 is 14.3 Å². The summed E-state index contributed by atoms with van der Waals surface area (Å²) < 4.78 is 10.8. The Labute approximate surface area is 153 Å². The third-order valence-electron chi connectivity index (χ3n) is 5.30. The number of carbonyl (C=O) groups excluding carboxylic acids is 1. The van der Waals surface area contributed by atoms with E-state index in [0.29, 0.717) is 18.4 Å². The summed E-state index contributed by atoms with van der Waals surface area (Å²) >= 11 is 0. The number of benzene rings is 1. The number of methoxy groups -OCH3 is 2. The Morgan fingerprint density at radius 1 is 1.12 bits per heavy atom. The van der Waals surface area contributed by atoms with E-state index < -0.39 is 0 Å². The molecular formula is C20H23N3O3. The van der Waals surface area contributed by atoms with E-state index >= 15 is 0 Å². The minimum atomic E-state index is 0.0529. The second kappa shape index (κ2) is 6.94. The Balaban J connectivity index is 1.66. The zero-order chi connectivity index (χ0) is 18.1. The summed E-state index contributed by atoms with van der Waals surface area (Å²) in [5.74, 6) is 2.39. The minimum absolute atomic E-state index is 0.0529. The lowest BCUT2D eigenvalue weighted by atomic mass is 9.82. The van der Waals surface area contributed by atoms with Gasteiger partial charge in [0.2, 0.25) is 5.95 Å². The van der Waals surface area contributed by atoms with Gasteiger partial charge in [-0.2, -0.15) is 0 Å². The van der Waals surface area contributed by atoms with Crippen LogP contribution in [-0.4, -0.2) is 43.1 Å². The summed E-state index contributed by atoms with van der Waals surface area (Å²) in [5, 5.41) is 0. The molecule has 0 unspecified atom stereocenters. The van der Waals surface area contributed by atoms with Crippen LogP contribution < -0.4 is 14.4 Å². The summed E-state index contributed by atoms with van der Waals surface area (Å²) in [7, 11) is 3.27. The van der Waals surface area contributed by atoms with Crippen molar-refractivity contribution in [2.75, 3.05) is 32.2 Å². The van der Waals surface area contributed by atoms with Crippen molar-refractivity contribution >= 4 is 11.7 Å². The first-order valence-corrected chi connectivity index (χ1v) is 9.05. The number of nitrogens with zero attached hydrogens (tertiary/aromatic N) is 3. The summed E-state index contributed by atoms with van der Waals surface area (Å²) in [6.45, 7) is 1.98. The quantitative estimate of drug-likeness (QED) is 0.842. The van der Waals surface area contributed by atoms with Crippen molar-refractivity contribution in [3.05, 3.63) is 41.2 Å². The highest BCUT2D eigenvalue weighted by Gasteiger charge is 2.30. The van der Waals surface area contributed by atoms with Crippen molar-refractivity contribution in [2.24, 2.45) is 0 Å². The topological polar surface area (TPSA) is 64.5 Å². The normalized spacial score (nSPS) is 19.4. The average molecular weight is 353 g/mol. The number of ketones is 1. The monoisotopic (exact) mass is 353 g/mol. The Morgan fingerprint density at radius 3 is 2.65 bits per heavy atom. The first-order chi connectivity index (χ1) is 12.7. The number of carbonyl (C=O) groups is 1. The molecule has 0 spiro atoms. The number of fused-ring (bicyclic) bond motifs is 1. The molecule has 1 aliphatic carbocycles. The summed E-state index contributed by atoms with van der Waals surface area (Å²) in [5.41, 5.74) is 2.53. The Morgan fingerprint density at radius 2 is 1.92 bits per heavy atom. The van der Waals surface area contributed by atoms with E-state index in [0.717, 1.165) is 41.8 Å². The number of Topliss-reactive ketones (excluding diaryl/α,β-unsaturated/α-hetero) is 1. The first-order valence-electron chi connectivity index (χ1n) is 9.05. The highest BCUT2D eigenvalue weighted by atomic mass is 16.5. The zero-order valence-corrected chi connectivity index (χ0v) is 15.2. The number of aromatic nitrogens is 2. The minimum Gasteiger partial charge on any atom is -0.497 e. The molecule has 26 heavy (non-hydrogen) atoms. The lowest BCUT2D eigenvalue weighted by Gasteiger charge is -2.26. The molecule has 1 aromatic carbocycles. The van der Waals surface area contributed by atoms with E-state index in [1.54, 1.807) is 20.4 Å². The molecule has 0 N–H and O–H groups in total. The molecule has 1 atom stereocenters. The van der Waals surface area contributed by atoms with Gasteiger partial charge in [0.25, 0.3) is 0 Å². The van der Waals surface area contributed by atoms with Gasteiger partial charge in [0, 0.05) is 37.7 Å². The van der Waals surface area contributed by atoms with E-state index in [1.807, 2.05) is 18.2 Å². The fourth-order valence-corrected chi connectivity index (χ4v) is 3.88. The van der Waals surface area contributed by atoms with Crippen LogP contribution in [0.4, 0.5) is 5.95 Å². The lowest BCUT2D eigenvalue weighted by molar-refractivity contribution is 0.0962. The van der Waals surface area contributed by atoms with Crippen LogP contribution in [-0.2, 0) is 6.42 Å². The van der Waals surface area contributed by atoms with Gasteiger partial charge in [0.05, 0.1) is 25.5 Å². The number of ether oxygens (including phenoxy) is 2. The van der Waals surface area contributed by atoms with Crippen molar-refractivity contribution in [3.63, 3.8) is 0 Å². The van der Waals surface area contributed by atoms with E-state index in [1.165, 1.54) is 12.8 Å². The summed E-state index contributed by atoms with van der Waals surface area (Å²) in [6.07, 6.45) is 5.21. The molecule has 136 valence electrons. The van der Waals surface area contributed by atoms with E-state index in [-0.39, 0.29) is 11.7 Å². The maximum atomic E-state index is 12.7. The van der Waals surface area contributed by atoms with Crippen LogP contribution >= 0.6 is 0 Å². The van der Waals surface area contributed by atoms with Crippen LogP contribution in [0.15, 0.2) is 24.4 Å². The predicted octanol–water partition coefficient (Wildman–Crippen LogP) is 3.01.